The van der Waals surface area contributed by atoms with E-state index in [0.717, 1.165) is 12.1 Å². The SMILES string of the molecule is O=C(Nc1ccc(Oc2cncc(C(=O)O)c2)cc1)Nc1ccc(Cl)c(C(F)(F)F)c1. The summed E-state index contributed by atoms with van der Waals surface area (Å²) in [4.78, 5) is 26.8. The zero-order chi connectivity index (χ0) is 22.6. The first-order valence-corrected chi connectivity index (χ1v) is 8.90. The first-order valence-electron chi connectivity index (χ1n) is 8.53. The smallest absolute Gasteiger partial charge is 0.417 e. The molecule has 0 atom stereocenters. The van der Waals surface area contributed by atoms with Crippen molar-refractivity contribution in [3.05, 3.63) is 77.1 Å². The summed E-state index contributed by atoms with van der Waals surface area (Å²) in [6, 6.07) is 9.56. The molecule has 31 heavy (non-hydrogen) atoms. The minimum absolute atomic E-state index is 0.0386. The Kier molecular flexibility index (Phi) is 6.30. The van der Waals surface area contributed by atoms with E-state index in [1.54, 1.807) is 0 Å². The molecule has 0 saturated heterocycles. The standard InChI is InChI=1S/C20H13ClF3N3O4/c21-17-6-3-13(8-16(17)20(22,23)24)27-19(30)26-12-1-4-14(5-2-12)31-15-7-11(18(28)29)9-25-10-15/h1-10H,(H,28,29)(H2,26,27,30). The third kappa shape index (κ3) is 5.86. The molecular weight excluding hydrogens is 439 g/mol. The molecular formula is C20H13ClF3N3O4. The second-order valence-corrected chi connectivity index (χ2v) is 6.52. The summed E-state index contributed by atoms with van der Waals surface area (Å²) in [5, 5.41) is 13.3. The number of urea groups is 1. The van der Waals surface area contributed by atoms with Gasteiger partial charge in [0.1, 0.15) is 11.5 Å². The molecule has 0 fully saturated rings. The number of carbonyl (C=O) groups excluding carboxylic acids is 1. The number of aromatic carboxylic acids is 1. The Morgan fingerprint density at radius 1 is 0.935 bits per heavy atom. The van der Waals surface area contributed by atoms with Crippen LogP contribution in [0.25, 0.3) is 0 Å². The molecule has 0 aliphatic heterocycles. The van der Waals surface area contributed by atoms with Gasteiger partial charge in [-0.05, 0) is 48.5 Å². The number of hydrogen-bond donors (Lipinski definition) is 3. The molecule has 3 rings (SSSR count). The Labute approximate surface area is 178 Å². The Morgan fingerprint density at radius 3 is 2.23 bits per heavy atom. The van der Waals surface area contributed by atoms with E-state index in [4.69, 9.17) is 21.4 Å². The maximum absolute atomic E-state index is 12.9. The number of halogens is 4. The summed E-state index contributed by atoms with van der Waals surface area (Å²) in [7, 11) is 0. The normalized spacial score (nSPS) is 11.0. The van der Waals surface area contributed by atoms with Crippen molar-refractivity contribution >= 4 is 35.0 Å². The van der Waals surface area contributed by atoms with E-state index in [1.807, 2.05) is 0 Å². The van der Waals surface area contributed by atoms with Gasteiger partial charge in [0.15, 0.2) is 0 Å². The molecule has 1 aromatic heterocycles. The van der Waals surface area contributed by atoms with Crippen LogP contribution in [0.2, 0.25) is 5.02 Å². The van der Waals surface area contributed by atoms with Crippen molar-refractivity contribution in [2.45, 2.75) is 6.18 Å². The molecule has 0 saturated carbocycles. The lowest BCUT2D eigenvalue weighted by Crippen LogP contribution is -2.19. The number of carboxylic acids is 1. The third-order valence-corrected chi connectivity index (χ3v) is 4.17. The average molecular weight is 452 g/mol. The molecule has 0 aliphatic carbocycles. The van der Waals surface area contributed by atoms with Gasteiger partial charge in [0.05, 0.1) is 22.3 Å². The van der Waals surface area contributed by atoms with Crippen molar-refractivity contribution in [1.29, 1.82) is 0 Å². The fourth-order valence-corrected chi connectivity index (χ4v) is 2.67. The highest BCUT2D eigenvalue weighted by molar-refractivity contribution is 6.31. The number of benzene rings is 2. The van der Waals surface area contributed by atoms with E-state index in [1.165, 1.54) is 48.8 Å². The Morgan fingerprint density at radius 2 is 1.58 bits per heavy atom. The second kappa shape index (κ2) is 8.92. The fourth-order valence-electron chi connectivity index (χ4n) is 2.45. The number of aromatic nitrogens is 1. The summed E-state index contributed by atoms with van der Waals surface area (Å²) >= 11 is 5.55. The number of amides is 2. The molecule has 1 heterocycles. The van der Waals surface area contributed by atoms with Gasteiger partial charge in [0, 0.05) is 17.6 Å². The lowest BCUT2D eigenvalue weighted by Gasteiger charge is -2.12. The van der Waals surface area contributed by atoms with Crippen LogP contribution in [0.4, 0.5) is 29.3 Å². The number of nitrogens with one attached hydrogen (secondary N) is 2. The van der Waals surface area contributed by atoms with Crippen molar-refractivity contribution in [1.82, 2.24) is 4.98 Å². The number of hydrogen-bond acceptors (Lipinski definition) is 4. The second-order valence-electron chi connectivity index (χ2n) is 6.11. The third-order valence-electron chi connectivity index (χ3n) is 3.84. The summed E-state index contributed by atoms with van der Waals surface area (Å²) in [5.74, 6) is -0.587. The molecule has 0 bridgehead atoms. The summed E-state index contributed by atoms with van der Waals surface area (Å²) in [6.07, 6.45) is -2.13. The summed E-state index contributed by atoms with van der Waals surface area (Å²) < 4.78 is 44.2. The van der Waals surface area contributed by atoms with E-state index < -0.39 is 28.8 Å². The van der Waals surface area contributed by atoms with Gasteiger partial charge in [0.2, 0.25) is 0 Å². The number of anilines is 2. The van der Waals surface area contributed by atoms with Crippen molar-refractivity contribution in [2.24, 2.45) is 0 Å². The molecule has 3 aromatic rings. The first kappa shape index (κ1) is 21.9. The number of ether oxygens (including phenoxy) is 1. The maximum atomic E-state index is 12.9. The first-order chi connectivity index (χ1) is 14.6. The molecule has 160 valence electrons. The van der Waals surface area contributed by atoms with Crippen LogP contribution >= 0.6 is 11.6 Å². The molecule has 0 unspecified atom stereocenters. The number of carbonyl (C=O) groups is 2. The van der Waals surface area contributed by atoms with Gasteiger partial charge < -0.3 is 20.5 Å². The van der Waals surface area contributed by atoms with Gasteiger partial charge in [-0.25, -0.2) is 9.59 Å². The van der Waals surface area contributed by atoms with E-state index in [0.29, 0.717) is 11.4 Å². The predicted molar refractivity (Wildman–Crippen MR) is 107 cm³/mol. The lowest BCUT2D eigenvalue weighted by molar-refractivity contribution is -0.137. The molecule has 0 aliphatic rings. The number of rotatable bonds is 5. The van der Waals surface area contributed by atoms with Gasteiger partial charge in [0.25, 0.3) is 0 Å². The average Bonchev–Trinajstić information content (AvgIpc) is 2.70. The molecule has 7 nitrogen and oxygen atoms in total. The quantitative estimate of drug-likeness (QED) is 0.449. The molecule has 2 amide bonds. The molecule has 3 N–H and O–H groups in total. The van der Waals surface area contributed by atoms with E-state index in [2.05, 4.69) is 15.6 Å². The Bertz CT molecular complexity index is 1120. The van der Waals surface area contributed by atoms with Gasteiger partial charge in [-0.2, -0.15) is 13.2 Å². The number of nitrogens with zero attached hydrogens (tertiary/aromatic N) is 1. The van der Waals surface area contributed by atoms with E-state index in [-0.39, 0.29) is 17.0 Å². The van der Waals surface area contributed by atoms with Gasteiger partial charge >= 0.3 is 18.2 Å². The van der Waals surface area contributed by atoms with E-state index >= 15 is 0 Å². The predicted octanol–water partition coefficient (Wildman–Crippen LogP) is 5.89. The summed E-state index contributed by atoms with van der Waals surface area (Å²) in [5.41, 5.74) is -0.842. The maximum Gasteiger partial charge on any atom is 0.417 e. The monoisotopic (exact) mass is 451 g/mol. The van der Waals surface area contributed by atoms with Crippen LogP contribution in [0, 0.1) is 0 Å². The molecule has 11 heteroatoms. The van der Waals surface area contributed by atoms with Gasteiger partial charge in [-0.15, -0.1) is 0 Å². The molecule has 0 spiro atoms. The molecule has 2 aromatic carbocycles. The lowest BCUT2D eigenvalue weighted by atomic mass is 10.2. The Balaban J connectivity index is 1.63. The highest BCUT2D eigenvalue weighted by Gasteiger charge is 2.33. The van der Waals surface area contributed by atoms with Crippen molar-refractivity contribution in [3.8, 4) is 11.5 Å². The van der Waals surface area contributed by atoms with Crippen molar-refractivity contribution in [3.63, 3.8) is 0 Å². The zero-order valence-electron chi connectivity index (χ0n) is 15.4. The van der Waals surface area contributed by atoms with Crippen LogP contribution < -0.4 is 15.4 Å². The Hall–Kier alpha value is -3.79. The van der Waals surface area contributed by atoms with Crippen LogP contribution in [0.3, 0.4) is 0 Å². The minimum atomic E-state index is -4.65. The van der Waals surface area contributed by atoms with Crippen LogP contribution in [-0.2, 0) is 6.18 Å². The van der Waals surface area contributed by atoms with Crippen LogP contribution in [0.5, 0.6) is 11.5 Å². The topological polar surface area (TPSA) is 101 Å². The fraction of sp³-hybridized carbons (Fsp3) is 0.0500. The van der Waals surface area contributed by atoms with E-state index in [9.17, 15) is 22.8 Å². The van der Waals surface area contributed by atoms with Crippen molar-refractivity contribution in [2.75, 3.05) is 10.6 Å². The summed E-state index contributed by atoms with van der Waals surface area (Å²) in [6.45, 7) is 0. The number of carboxylic acid groups (broad SMARTS) is 1. The highest BCUT2D eigenvalue weighted by Crippen LogP contribution is 2.36. The highest BCUT2D eigenvalue weighted by atomic mass is 35.5. The van der Waals surface area contributed by atoms with Gasteiger partial charge in [-0.1, -0.05) is 11.6 Å². The van der Waals surface area contributed by atoms with Gasteiger partial charge in [-0.3, -0.25) is 4.98 Å². The largest absolute Gasteiger partial charge is 0.478 e. The molecule has 0 radical (unpaired) electrons. The zero-order valence-corrected chi connectivity index (χ0v) is 16.2. The van der Waals surface area contributed by atoms with Crippen LogP contribution in [0.1, 0.15) is 15.9 Å². The minimum Gasteiger partial charge on any atom is -0.478 e. The van der Waals surface area contributed by atoms with Crippen molar-refractivity contribution < 1.29 is 32.6 Å². The van der Waals surface area contributed by atoms with Crippen LogP contribution in [-0.4, -0.2) is 22.1 Å². The number of pyridine rings is 1. The van der Waals surface area contributed by atoms with Crippen LogP contribution in [0.15, 0.2) is 60.9 Å². The number of alkyl halides is 3.